The van der Waals surface area contributed by atoms with E-state index in [1.807, 2.05) is 146 Å². The maximum absolute atomic E-state index is 12.3. The van der Waals surface area contributed by atoms with Gasteiger partial charge in [0.2, 0.25) is 0 Å². The number of Topliss-reactive ketones (excluding diaryl/α,β-unsaturated/α-hetero) is 6. The van der Waals surface area contributed by atoms with Gasteiger partial charge in [0.05, 0.1) is 81.4 Å². The summed E-state index contributed by atoms with van der Waals surface area (Å²) >= 11 is 0. The normalized spacial score (nSPS) is 22.6. The lowest BCUT2D eigenvalue weighted by Gasteiger charge is -2.26. The summed E-state index contributed by atoms with van der Waals surface area (Å²) in [6, 6.07) is 51.1. The lowest BCUT2D eigenvalue weighted by molar-refractivity contribution is -0.146. The Bertz CT molecular complexity index is 4990. The Balaban J connectivity index is 0.000000162. The first-order valence-electron chi connectivity index (χ1n) is 44.9. The molecule has 1 amide bonds. The number of hydrogen-bond acceptors (Lipinski definition) is 28. The number of aliphatic hydroxyl groups excluding tert-OH is 1. The zero-order chi connectivity index (χ0) is 97.4. The van der Waals surface area contributed by atoms with Crippen molar-refractivity contribution in [3.8, 4) is 0 Å². The lowest BCUT2D eigenvalue weighted by atomic mass is 10.0. The van der Waals surface area contributed by atoms with Crippen LogP contribution in [0.4, 0.5) is 4.79 Å². The molecule has 0 bridgehead atoms. The number of carboxylic acids is 2. The number of carboxylic acid groups (broad SMARTS) is 2. The Morgan fingerprint density at radius 2 is 0.560 bits per heavy atom. The van der Waals surface area contributed by atoms with Gasteiger partial charge < -0.3 is 48.8 Å². The van der Waals surface area contributed by atoms with Crippen LogP contribution in [0.3, 0.4) is 0 Å². The summed E-state index contributed by atoms with van der Waals surface area (Å²) in [6.07, 6.45) is 10.1. The van der Waals surface area contributed by atoms with Crippen molar-refractivity contribution in [2.75, 3.05) is 127 Å². The first kappa shape index (κ1) is 104. The molecule has 6 aromatic rings. The second kappa shape index (κ2) is 47.1. The maximum atomic E-state index is 12.3. The van der Waals surface area contributed by atoms with Crippen LogP contribution in [-0.4, -0.2) is 318 Å². The molecule has 3 spiro atoms. The number of carbonyl (C=O) groups is 14. The van der Waals surface area contributed by atoms with Crippen molar-refractivity contribution in [3.63, 3.8) is 0 Å². The molecule has 1 unspecified atom stereocenters. The van der Waals surface area contributed by atoms with Crippen molar-refractivity contribution < 1.29 is 116 Å². The fraction of sp³-hybridized carbons (Fsp3) is 0.456. The minimum atomic E-state index is -1.38. The van der Waals surface area contributed by atoms with Crippen LogP contribution in [0.25, 0.3) is 0 Å². The van der Waals surface area contributed by atoms with Gasteiger partial charge in [0, 0.05) is 92.0 Å². The van der Waals surface area contributed by atoms with E-state index in [1.165, 1.54) is 40.4 Å². The fourth-order valence-electron chi connectivity index (χ4n) is 18.0. The van der Waals surface area contributed by atoms with Crippen molar-refractivity contribution in [1.29, 1.82) is 0 Å². The molecule has 31 heteroatoms. The van der Waals surface area contributed by atoms with Crippen molar-refractivity contribution >= 4 is 82.6 Å². The average Bonchev–Trinajstić information content (AvgIpc) is 1.56. The van der Waals surface area contributed by atoms with E-state index in [9.17, 15) is 82.4 Å². The zero-order valence-electron chi connectivity index (χ0n) is 77.7. The second-order valence-electron chi connectivity index (χ2n) is 37.2. The van der Waals surface area contributed by atoms with Crippen molar-refractivity contribution in [3.05, 3.63) is 252 Å². The van der Waals surface area contributed by atoms with Gasteiger partial charge in [0.1, 0.15) is 53.5 Å². The molecule has 10 aliphatic rings. The Hall–Kier alpha value is -12.2. The number of rotatable bonds is 26. The van der Waals surface area contributed by atoms with Crippen LogP contribution in [0, 0.1) is 16.2 Å². The predicted octanol–water partition coefficient (Wildman–Crippen LogP) is 10.4. The standard InChI is InChI=1S/2C16H19NO3.C15H19NO5.3C15H17NO3.C11H17NO4/c2*1-20-15(19)13-9-16(7-8-16)11-17(13)10-14(18)12-5-3-2-4-6-12;1-21-14(19)12-7-15(20,10-17)9-16(12)8-13(18)11-5-3-2-4-6-11;17-13(11-4-2-1-3-5-11)9-16-10-15(6-7-15)8-12(16)14(18)19;2*1-11-8-13(15(18)19-2)16(9-11)10-14(17)12-6-4-3-5-7-12;1-7-5-8(9(13)14)12(6-7)10(15)16-11(2,3)4/h2*2-6,13H,7-11H2,1H3;2-6,12,17,20H,7-10H2,1H3;1-5,12H,6-10H2,(H,18,19);2*3-7,13H,1,8-10H2,2H3;8H,1,5-6H2,2-4H3,(H,13,14)/t2*13-;12-,15?;12-;2*13-;8-/m0000000/s1. The van der Waals surface area contributed by atoms with Crippen LogP contribution in [-0.2, 0) is 62.0 Å². The zero-order valence-corrected chi connectivity index (χ0v) is 77.7. The van der Waals surface area contributed by atoms with E-state index in [0.717, 1.165) is 87.7 Å². The number of carbonyl (C=O) groups excluding carboxylic acids is 12. The summed E-state index contributed by atoms with van der Waals surface area (Å²) in [6.45, 7) is 21.3. The van der Waals surface area contributed by atoms with Crippen molar-refractivity contribution in [1.82, 2.24) is 34.3 Å². The Kier molecular flexibility index (Phi) is 36.5. The summed E-state index contributed by atoms with van der Waals surface area (Å²) in [5, 5.41) is 37.6. The molecular formula is C103H125N7O24. The lowest BCUT2D eigenvalue weighted by Crippen LogP contribution is -2.43. The molecule has 16 rings (SSSR count). The quantitative estimate of drug-likeness (QED) is 0.0170. The fourth-order valence-corrected chi connectivity index (χ4v) is 18.0. The molecule has 0 aromatic heterocycles. The van der Waals surface area contributed by atoms with E-state index in [-0.39, 0.29) is 145 Å². The van der Waals surface area contributed by atoms with Gasteiger partial charge in [-0.2, -0.15) is 0 Å². The summed E-state index contributed by atoms with van der Waals surface area (Å²) in [4.78, 5) is 178. The van der Waals surface area contributed by atoms with Crippen molar-refractivity contribution in [2.45, 2.75) is 158 Å². The number of β-amino-alcohol motifs (C(OH)–C–C–N with tert-alkyl or cyclic N) is 1. The van der Waals surface area contributed by atoms with E-state index >= 15 is 0 Å². The molecule has 7 heterocycles. The molecule has 134 heavy (non-hydrogen) atoms. The molecule has 7 aliphatic heterocycles. The van der Waals surface area contributed by atoms with Crippen molar-refractivity contribution in [2.24, 2.45) is 16.2 Å². The van der Waals surface area contributed by atoms with E-state index in [1.54, 1.807) is 86.3 Å². The Morgan fingerprint density at radius 1 is 0.328 bits per heavy atom. The molecule has 6 aromatic carbocycles. The molecule has 3 aliphatic carbocycles. The first-order chi connectivity index (χ1) is 63.8. The highest BCUT2D eigenvalue weighted by atomic mass is 16.6. The third kappa shape index (κ3) is 29.2. The van der Waals surface area contributed by atoms with Gasteiger partial charge in [-0.05, 0) is 108 Å². The highest BCUT2D eigenvalue weighted by Gasteiger charge is 2.57. The molecule has 0 radical (unpaired) electrons. The Labute approximate surface area is 782 Å². The minimum absolute atomic E-state index is 0.00389. The number of ketones is 6. The number of methoxy groups -OCH3 is 5. The summed E-state index contributed by atoms with van der Waals surface area (Å²) < 4.78 is 29.1. The number of aliphatic carboxylic acids is 2. The molecule has 7 saturated heterocycles. The SMILES string of the molecule is C=C1C[C@@H](C(=O)O)N(C(=O)OC(C)(C)C)C1.C=C1C[C@@H](C(=O)OC)N(CC(=O)c2ccccc2)C1.C=C1C[C@@H](C(=O)OC)N(CC(=O)c2ccccc2)C1.COC(=O)[C@@H]1CC(O)(CO)CN1CC(=O)c1ccccc1.COC(=O)[C@@H]1CC2(CC2)CN1CC(=O)c1ccccc1.COC(=O)[C@@H]1CC2(CC2)CN1CC(=O)c1ccccc1.O=C(CN1CC2(CC2)C[C@H]1C(=O)O)c1ccccc1. The highest BCUT2D eigenvalue weighted by molar-refractivity contribution is 6.01. The molecule has 716 valence electrons. The first-order valence-corrected chi connectivity index (χ1v) is 44.9. The highest BCUT2D eigenvalue weighted by Crippen LogP contribution is 2.57. The summed E-state index contributed by atoms with van der Waals surface area (Å²) in [5.41, 5.74) is 5.30. The molecule has 10 fully saturated rings. The van der Waals surface area contributed by atoms with Gasteiger partial charge in [0.25, 0.3) is 0 Å². The predicted molar refractivity (Wildman–Crippen MR) is 496 cm³/mol. The third-order valence-electron chi connectivity index (χ3n) is 25.7. The number of ether oxygens (including phenoxy) is 6. The molecular weight excluding hydrogens is 1720 g/mol. The summed E-state index contributed by atoms with van der Waals surface area (Å²) in [7, 11) is 6.81. The second-order valence-corrected chi connectivity index (χ2v) is 37.2. The van der Waals surface area contributed by atoms with Crippen LogP contribution in [0.15, 0.2) is 218 Å². The van der Waals surface area contributed by atoms with E-state index < -0.39 is 59.9 Å². The molecule has 31 nitrogen and oxygen atoms in total. The van der Waals surface area contributed by atoms with E-state index in [4.69, 9.17) is 33.5 Å². The van der Waals surface area contributed by atoms with Gasteiger partial charge in [-0.15, -0.1) is 0 Å². The maximum Gasteiger partial charge on any atom is 0.411 e. The smallest absolute Gasteiger partial charge is 0.411 e. The average molecular weight is 1850 g/mol. The number of likely N-dealkylation sites (tertiary alicyclic amines) is 7. The van der Waals surface area contributed by atoms with Gasteiger partial charge in [-0.1, -0.05) is 218 Å². The van der Waals surface area contributed by atoms with Crippen LogP contribution in [0.2, 0.25) is 0 Å². The third-order valence-corrected chi connectivity index (χ3v) is 25.7. The number of aliphatic hydroxyl groups is 2. The number of esters is 5. The van der Waals surface area contributed by atoms with Crippen LogP contribution in [0.1, 0.15) is 166 Å². The number of nitrogens with zero attached hydrogens (tertiary/aromatic N) is 7. The van der Waals surface area contributed by atoms with Crippen LogP contribution in [0.5, 0.6) is 0 Å². The van der Waals surface area contributed by atoms with E-state index in [2.05, 4.69) is 19.7 Å². The molecule has 4 N–H and O–H groups in total. The minimum Gasteiger partial charge on any atom is -0.480 e. The van der Waals surface area contributed by atoms with Gasteiger partial charge in [-0.3, -0.25) is 91.8 Å². The summed E-state index contributed by atoms with van der Waals surface area (Å²) in [5.74, 6) is -3.38. The number of benzene rings is 6. The topological polar surface area (TPSA) is 398 Å². The molecule has 3 saturated carbocycles. The number of amides is 1. The van der Waals surface area contributed by atoms with E-state index in [0.29, 0.717) is 85.2 Å². The van der Waals surface area contributed by atoms with Gasteiger partial charge >= 0.3 is 47.9 Å². The molecule has 8 atom stereocenters. The van der Waals surface area contributed by atoms with Crippen LogP contribution < -0.4 is 0 Å². The monoisotopic (exact) mass is 1840 g/mol. The number of hydrogen-bond donors (Lipinski definition) is 4. The largest absolute Gasteiger partial charge is 0.480 e. The Morgan fingerprint density at radius 3 is 0.813 bits per heavy atom. The van der Waals surface area contributed by atoms with Gasteiger partial charge in [0.15, 0.2) is 34.7 Å². The van der Waals surface area contributed by atoms with Gasteiger partial charge in [-0.25, -0.2) is 9.59 Å². The van der Waals surface area contributed by atoms with Crippen LogP contribution >= 0.6 is 0 Å².